The number of benzene rings is 1. The van der Waals surface area contributed by atoms with Gasteiger partial charge in [0.2, 0.25) is 5.91 Å². The summed E-state index contributed by atoms with van der Waals surface area (Å²) >= 11 is 0. The summed E-state index contributed by atoms with van der Waals surface area (Å²) in [5, 5.41) is 8.98. The van der Waals surface area contributed by atoms with Crippen molar-refractivity contribution < 1.29 is 33.5 Å². The molecule has 0 aliphatic heterocycles. The average molecular weight is 519 g/mol. The molecule has 0 aliphatic carbocycles. The van der Waals surface area contributed by atoms with Crippen LogP contribution in [0.3, 0.4) is 0 Å². The van der Waals surface area contributed by atoms with E-state index in [0.717, 1.165) is 17.7 Å². The van der Waals surface area contributed by atoms with Crippen molar-refractivity contribution in [3.63, 3.8) is 0 Å². The lowest BCUT2D eigenvalue weighted by Gasteiger charge is -2.23. The topological polar surface area (TPSA) is 152 Å². The van der Waals surface area contributed by atoms with E-state index in [-0.39, 0.29) is 38.2 Å². The van der Waals surface area contributed by atoms with Crippen LogP contribution in [-0.4, -0.2) is 58.6 Å². The van der Waals surface area contributed by atoms with E-state index in [9.17, 15) is 9.36 Å². The predicted molar refractivity (Wildman–Crippen MR) is 139 cm³/mol. The van der Waals surface area contributed by atoms with Crippen LogP contribution in [0.2, 0.25) is 0 Å². The van der Waals surface area contributed by atoms with Crippen molar-refractivity contribution in [3.05, 3.63) is 29.8 Å². The summed E-state index contributed by atoms with van der Waals surface area (Å²) in [6.07, 6.45) is 12.0. The molecule has 1 aromatic carbocycles. The standard InChI is InChI=1S/C25H44NO7P.H3N/c1-2-3-4-5-6-7-8-11-20-32-24-14-12-13-23(22-24)15-16-25(28)26(17-9-10-19-27)18-21-33-34(29,30)31;/h12-14,22,27H,2-11,15-21H2,1H3,(H2,29,30,31);1H3. The molecule has 35 heavy (non-hydrogen) atoms. The first-order valence-corrected chi connectivity index (χ1v) is 14.2. The molecule has 1 aromatic rings. The monoisotopic (exact) mass is 518 g/mol. The number of carbonyl (C=O) groups is 1. The van der Waals surface area contributed by atoms with Crippen molar-refractivity contribution in [2.24, 2.45) is 0 Å². The van der Waals surface area contributed by atoms with Gasteiger partial charge in [-0.1, -0.05) is 64.0 Å². The number of hydrogen-bond acceptors (Lipinski definition) is 6. The largest absolute Gasteiger partial charge is 0.494 e. The summed E-state index contributed by atoms with van der Waals surface area (Å²) in [4.78, 5) is 31.9. The van der Waals surface area contributed by atoms with Gasteiger partial charge < -0.3 is 30.7 Å². The Labute approximate surface area is 211 Å². The minimum atomic E-state index is -4.57. The molecule has 0 saturated carbocycles. The number of rotatable bonds is 21. The molecule has 0 spiro atoms. The summed E-state index contributed by atoms with van der Waals surface area (Å²) in [5.74, 6) is 0.695. The number of unbranched alkanes of at least 4 members (excludes halogenated alkanes) is 8. The molecule has 0 atom stereocenters. The molecular formula is C25H47N2O7P. The van der Waals surface area contributed by atoms with Gasteiger partial charge in [-0.3, -0.25) is 9.32 Å². The maximum atomic E-state index is 12.7. The quantitative estimate of drug-likeness (QED) is 0.131. The van der Waals surface area contributed by atoms with E-state index in [1.165, 1.54) is 49.8 Å². The highest BCUT2D eigenvalue weighted by Gasteiger charge is 2.17. The van der Waals surface area contributed by atoms with Crippen LogP contribution in [0, 0.1) is 0 Å². The third kappa shape index (κ3) is 18.4. The number of aryl methyl sites for hydroxylation is 1. The third-order valence-electron chi connectivity index (χ3n) is 5.60. The van der Waals surface area contributed by atoms with Gasteiger partial charge in [-0.15, -0.1) is 0 Å². The first kappa shape index (κ1) is 33.5. The minimum absolute atomic E-state index is 0. The van der Waals surface area contributed by atoms with Crippen LogP contribution < -0.4 is 10.9 Å². The molecule has 0 saturated heterocycles. The molecule has 1 rings (SSSR count). The lowest BCUT2D eigenvalue weighted by Crippen LogP contribution is -2.35. The highest BCUT2D eigenvalue weighted by atomic mass is 31.2. The second-order valence-electron chi connectivity index (χ2n) is 8.61. The zero-order valence-corrected chi connectivity index (χ0v) is 22.3. The van der Waals surface area contributed by atoms with E-state index in [0.29, 0.717) is 32.4 Å². The fourth-order valence-corrected chi connectivity index (χ4v) is 3.99. The minimum Gasteiger partial charge on any atom is -0.494 e. The van der Waals surface area contributed by atoms with Crippen LogP contribution in [-0.2, 0) is 20.3 Å². The number of phosphoric ester groups is 1. The number of ether oxygens (including phenoxy) is 1. The molecule has 9 nitrogen and oxygen atoms in total. The van der Waals surface area contributed by atoms with Gasteiger partial charge in [0.25, 0.3) is 0 Å². The van der Waals surface area contributed by atoms with Crippen LogP contribution in [0.4, 0.5) is 0 Å². The first-order chi connectivity index (χ1) is 16.4. The second-order valence-corrected chi connectivity index (χ2v) is 9.85. The number of nitrogens with zero attached hydrogens (tertiary/aromatic N) is 1. The molecule has 0 bridgehead atoms. The summed E-state index contributed by atoms with van der Waals surface area (Å²) in [6, 6.07) is 7.78. The predicted octanol–water partition coefficient (Wildman–Crippen LogP) is 5.01. The Hall–Kier alpha value is -1.48. The molecule has 0 fully saturated rings. The normalized spacial score (nSPS) is 11.2. The summed E-state index contributed by atoms with van der Waals surface area (Å²) in [6.45, 7) is 3.22. The van der Waals surface area contributed by atoms with E-state index in [1.807, 2.05) is 24.3 Å². The van der Waals surface area contributed by atoms with Crippen LogP contribution >= 0.6 is 7.82 Å². The molecule has 0 aromatic heterocycles. The number of hydrogen-bond donors (Lipinski definition) is 4. The third-order valence-corrected chi connectivity index (χ3v) is 6.12. The maximum absolute atomic E-state index is 12.7. The Morgan fingerprint density at radius 1 is 0.943 bits per heavy atom. The Balaban J connectivity index is 0.0000116. The van der Waals surface area contributed by atoms with Gasteiger partial charge in [0.1, 0.15) is 5.75 Å². The molecule has 1 amide bonds. The zero-order valence-electron chi connectivity index (χ0n) is 21.4. The average Bonchev–Trinajstić information content (AvgIpc) is 2.80. The van der Waals surface area contributed by atoms with Gasteiger partial charge in [-0.05, 0) is 43.4 Å². The molecule has 0 aliphatic rings. The zero-order chi connectivity index (χ0) is 25.1. The van der Waals surface area contributed by atoms with Crippen molar-refractivity contribution in [1.29, 1.82) is 0 Å². The van der Waals surface area contributed by atoms with Crippen LogP contribution in [0.15, 0.2) is 24.3 Å². The van der Waals surface area contributed by atoms with Crippen molar-refractivity contribution in [1.82, 2.24) is 11.1 Å². The van der Waals surface area contributed by atoms with Gasteiger partial charge in [0.05, 0.1) is 13.2 Å². The van der Waals surface area contributed by atoms with E-state index >= 15 is 0 Å². The first-order valence-electron chi connectivity index (χ1n) is 12.7. The van der Waals surface area contributed by atoms with Gasteiger partial charge in [0.15, 0.2) is 0 Å². The number of phosphoric acid groups is 1. The summed E-state index contributed by atoms with van der Waals surface area (Å²) < 4.78 is 21.3. The number of aliphatic hydroxyl groups excluding tert-OH is 1. The van der Waals surface area contributed by atoms with Crippen LogP contribution in [0.25, 0.3) is 0 Å². The molecular weight excluding hydrogens is 471 g/mol. The van der Waals surface area contributed by atoms with E-state index in [2.05, 4.69) is 11.4 Å². The van der Waals surface area contributed by atoms with Gasteiger partial charge in [-0.25, -0.2) is 4.57 Å². The van der Waals surface area contributed by atoms with Gasteiger partial charge >= 0.3 is 7.82 Å². The Kier molecular flexibility index (Phi) is 19.8. The molecule has 0 unspecified atom stereocenters. The number of carbonyl (C=O) groups excluding carboxylic acids is 1. The summed E-state index contributed by atoms with van der Waals surface area (Å²) in [5.41, 5.74) is 1.00. The number of amides is 1. The van der Waals surface area contributed by atoms with Gasteiger partial charge in [0, 0.05) is 26.1 Å². The molecule has 10 heteroatoms. The highest BCUT2D eigenvalue weighted by Crippen LogP contribution is 2.35. The maximum Gasteiger partial charge on any atom is 0.469 e. The van der Waals surface area contributed by atoms with Crippen molar-refractivity contribution in [2.45, 2.75) is 84.0 Å². The van der Waals surface area contributed by atoms with Crippen LogP contribution in [0.1, 0.15) is 83.1 Å². The SMILES string of the molecule is CCCCCCCCCCOc1cccc(CCC(=O)N(CCCCO)CCOP(=O)(O)O)c1.N. The van der Waals surface area contributed by atoms with E-state index in [1.54, 1.807) is 0 Å². The smallest absolute Gasteiger partial charge is 0.469 e. The Bertz CT molecular complexity index is 715. The lowest BCUT2D eigenvalue weighted by atomic mass is 10.1. The lowest BCUT2D eigenvalue weighted by molar-refractivity contribution is -0.131. The molecule has 204 valence electrons. The Morgan fingerprint density at radius 2 is 1.63 bits per heavy atom. The van der Waals surface area contributed by atoms with E-state index in [4.69, 9.17) is 19.6 Å². The van der Waals surface area contributed by atoms with Gasteiger partial charge in [-0.2, -0.15) is 0 Å². The van der Waals surface area contributed by atoms with Crippen molar-refractivity contribution in [3.8, 4) is 5.75 Å². The van der Waals surface area contributed by atoms with E-state index < -0.39 is 7.82 Å². The molecule has 6 N–H and O–H groups in total. The second kappa shape index (κ2) is 20.7. The molecule has 0 heterocycles. The van der Waals surface area contributed by atoms with Crippen molar-refractivity contribution in [2.75, 3.05) is 32.9 Å². The fourth-order valence-electron chi connectivity index (χ4n) is 3.67. The van der Waals surface area contributed by atoms with Crippen molar-refractivity contribution >= 4 is 13.7 Å². The highest BCUT2D eigenvalue weighted by molar-refractivity contribution is 7.46. The van der Waals surface area contributed by atoms with Crippen LogP contribution in [0.5, 0.6) is 5.75 Å². The summed E-state index contributed by atoms with van der Waals surface area (Å²) in [7, 11) is -4.57. The number of aliphatic hydroxyl groups is 1. The Morgan fingerprint density at radius 3 is 2.29 bits per heavy atom. The fraction of sp³-hybridized carbons (Fsp3) is 0.720. The molecule has 0 radical (unpaired) electrons.